The third-order valence-electron chi connectivity index (χ3n) is 2.97. The lowest BCUT2D eigenvalue weighted by atomic mass is 10.2. The molecule has 6 heteroatoms. The lowest BCUT2D eigenvalue weighted by Crippen LogP contribution is -2.33. The van der Waals surface area contributed by atoms with Crippen LogP contribution >= 0.6 is 11.8 Å². The summed E-state index contributed by atoms with van der Waals surface area (Å²) in [4.78, 5) is 19.0. The average molecular weight is 276 g/mol. The van der Waals surface area contributed by atoms with Crippen molar-refractivity contribution in [2.45, 2.75) is 17.9 Å². The van der Waals surface area contributed by atoms with E-state index in [1.54, 1.807) is 34.7 Å². The lowest BCUT2D eigenvalue weighted by molar-refractivity contribution is -0.121. The SMILES string of the molecule is CSc1ccccc1N(C)C(=O)C(C)n1cncn1. The molecule has 0 radical (unpaired) electrons. The minimum atomic E-state index is -0.373. The summed E-state index contributed by atoms with van der Waals surface area (Å²) < 4.78 is 1.56. The van der Waals surface area contributed by atoms with Gasteiger partial charge in [0, 0.05) is 11.9 Å². The monoisotopic (exact) mass is 276 g/mol. The number of aromatic nitrogens is 3. The molecule has 2 aromatic rings. The second kappa shape index (κ2) is 5.88. The van der Waals surface area contributed by atoms with Crippen LogP contribution in [-0.4, -0.2) is 34.0 Å². The third kappa shape index (κ3) is 2.78. The predicted molar refractivity (Wildman–Crippen MR) is 76.4 cm³/mol. The number of amides is 1. The fraction of sp³-hybridized carbons (Fsp3) is 0.308. The highest BCUT2D eigenvalue weighted by molar-refractivity contribution is 7.98. The highest BCUT2D eigenvalue weighted by atomic mass is 32.2. The van der Waals surface area contributed by atoms with Gasteiger partial charge in [-0.3, -0.25) is 4.79 Å². The maximum Gasteiger partial charge on any atom is 0.251 e. The van der Waals surface area contributed by atoms with E-state index >= 15 is 0 Å². The van der Waals surface area contributed by atoms with Gasteiger partial charge < -0.3 is 4.90 Å². The van der Waals surface area contributed by atoms with E-state index in [0.717, 1.165) is 10.6 Å². The number of carbonyl (C=O) groups excluding carboxylic acids is 1. The quantitative estimate of drug-likeness (QED) is 0.804. The fourth-order valence-corrected chi connectivity index (χ4v) is 2.47. The van der Waals surface area contributed by atoms with E-state index in [2.05, 4.69) is 10.1 Å². The lowest BCUT2D eigenvalue weighted by Gasteiger charge is -2.23. The Morgan fingerprint density at radius 2 is 2.16 bits per heavy atom. The first-order valence-corrected chi connectivity index (χ1v) is 7.12. The Morgan fingerprint density at radius 1 is 1.42 bits per heavy atom. The first kappa shape index (κ1) is 13.6. The summed E-state index contributed by atoms with van der Waals surface area (Å²) in [5.74, 6) is -0.0213. The second-order valence-corrected chi connectivity index (χ2v) is 4.97. The molecule has 5 nitrogen and oxygen atoms in total. The largest absolute Gasteiger partial charge is 0.313 e. The van der Waals surface area contributed by atoms with Crippen molar-refractivity contribution in [3.8, 4) is 0 Å². The van der Waals surface area contributed by atoms with Crippen LogP contribution in [0.25, 0.3) is 0 Å². The molecule has 0 aliphatic rings. The molecule has 0 fully saturated rings. The van der Waals surface area contributed by atoms with E-state index in [0.29, 0.717) is 0 Å². The maximum atomic E-state index is 12.4. The van der Waals surface area contributed by atoms with Gasteiger partial charge in [-0.05, 0) is 25.3 Å². The maximum absolute atomic E-state index is 12.4. The van der Waals surface area contributed by atoms with E-state index < -0.39 is 0 Å². The second-order valence-electron chi connectivity index (χ2n) is 4.12. The molecule has 0 spiro atoms. The van der Waals surface area contributed by atoms with E-state index in [-0.39, 0.29) is 11.9 Å². The summed E-state index contributed by atoms with van der Waals surface area (Å²) in [5.41, 5.74) is 0.909. The van der Waals surface area contributed by atoms with Gasteiger partial charge >= 0.3 is 0 Å². The van der Waals surface area contributed by atoms with Crippen LogP contribution in [0.15, 0.2) is 41.8 Å². The summed E-state index contributed by atoms with van der Waals surface area (Å²) >= 11 is 1.62. The molecule has 1 amide bonds. The van der Waals surface area contributed by atoms with Crippen LogP contribution in [0.5, 0.6) is 0 Å². The van der Waals surface area contributed by atoms with Crippen LogP contribution in [-0.2, 0) is 4.79 Å². The number of hydrogen-bond acceptors (Lipinski definition) is 4. The summed E-state index contributed by atoms with van der Waals surface area (Å²) in [5, 5.41) is 4.01. The summed E-state index contributed by atoms with van der Waals surface area (Å²) in [7, 11) is 1.78. The molecular weight excluding hydrogens is 260 g/mol. The van der Waals surface area contributed by atoms with E-state index in [1.807, 2.05) is 37.4 Å². The van der Waals surface area contributed by atoms with Crippen molar-refractivity contribution in [1.82, 2.24) is 14.8 Å². The Hall–Kier alpha value is -1.82. The Balaban J connectivity index is 2.24. The van der Waals surface area contributed by atoms with Gasteiger partial charge in [0.1, 0.15) is 18.7 Å². The number of para-hydroxylation sites is 1. The molecule has 0 N–H and O–H groups in total. The highest BCUT2D eigenvalue weighted by Crippen LogP contribution is 2.28. The topological polar surface area (TPSA) is 51.0 Å². The van der Waals surface area contributed by atoms with Gasteiger partial charge in [-0.2, -0.15) is 5.10 Å². The minimum absolute atomic E-state index is 0.0213. The molecule has 0 aliphatic carbocycles. The Labute approximate surface area is 116 Å². The van der Waals surface area contributed by atoms with Gasteiger partial charge in [-0.1, -0.05) is 12.1 Å². The number of benzene rings is 1. The zero-order valence-corrected chi connectivity index (χ0v) is 12.0. The van der Waals surface area contributed by atoms with Crippen molar-refractivity contribution in [2.24, 2.45) is 0 Å². The number of rotatable bonds is 4. The first-order valence-electron chi connectivity index (χ1n) is 5.90. The van der Waals surface area contributed by atoms with Gasteiger partial charge in [0.2, 0.25) is 0 Å². The van der Waals surface area contributed by atoms with Gasteiger partial charge in [0.25, 0.3) is 5.91 Å². The normalized spacial score (nSPS) is 12.2. The van der Waals surface area contributed by atoms with Crippen LogP contribution in [0.2, 0.25) is 0 Å². The Kier molecular flexibility index (Phi) is 4.21. The van der Waals surface area contributed by atoms with Gasteiger partial charge in [0.15, 0.2) is 0 Å². The van der Waals surface area contributed by atoms with Gasteiger partial charge in [-0.25, -0.2) is 9.67 Å². The summed E-state index contributed by atoms with van der Waals surface area (Å²) in [6, 6.07) is 7.47. The molecule has 0 saturated carbocycles. The zero-order chi connectivity index (χ0) is 13.8. The average Bonchev–Trinajstić information content (AvgIpc) is 2.99. The van der Waals surface area contributed by atoms with E-state index in [1.165, 1.54) is 6.33 Å². The first-order chi connectivity index (χ1) is 9.15. The van der Waals surface area contributed by atoms with Crippen molar-refractivity contribution < 1.29 is 4.79 Å². The molecule has 1 unspecified atom stereocenters. The Morgan fingerprint density at radius 3 is 2.79 bits per heavy atom. The van der Waals surface area contributed by atoms with Crippen LogP contribution in [0, 0.1) is 0 Å². The molecule has 1 heterocycles. The van der Waals surface area contributed by atoms with Crippen LogP contribution < -0.4 is 4.90 Å². The van der Waals surface area contributed by atoms with Gasteiger partial charge in [-0.15, -0.1) is 11.8 Å². The number of nitrogens with zero attached hydrogens (tertiary/aromatic N) is 4. The smallest absolute Gasteiger partial charge is 0.251 e. The van der Waals surface area contributed by atoms with Crippen LogP contribution in [0.4, 0.5) is 5.69 Å². The van der Waals surface area contributed by atoms with E-state index in [9.17, 15) is 4.79 Å². The van der Waals surface area contributed by atoms with Crippen molar-refractivity contribution in [3.05, 3.63) is 36.9 Å². The highest BCUT2D eigenvalue weighted by Gasteiger charge is 2.22. The molecule has 0 saturated heterocycles. The standard InChI is InChI=1S/C13H16N4OS/c1-10(17-9-14-8-15-17)13(18)16(2)11-6-4-5-7-12(11)19-3/h4-10H,1-3H3. The molecule has 1 aromatic carbocycles. The number of hydrogen-bond donors (Lipinski definition) is 0. The van der Waals surface area contributed by atoms with Crippen molar-refractivity contribution in [3.63, 3.8) is 0 Å². The number of thioether (sulfide) groups is 1. The number of carbonyl (C=O) groups is 1. The molecule has 1 aromatic heterocycles. The fourth-order valence-electron chi connectivity index (χ4n) is 1.84. The molecule has 1 atom stereocenters. The van der Waals surface area contributed by atoms with Gasteiger partial charge in [0.05, 0.1) is 5.69 Å². The third-order valence-corrected chi connectivity index (χ3v) is 3.75. The van der Waals surface area contributed by atoms with Crippen molar-refractivity contribution in [2.75, 3.05) is 18.2 Å². The molecule has 2 rings (SSSR count). The zero-order valence-electron chi connectivity index (χ0n) is 11.1. The van der Waals surface area contributed by atoms with Crippen LogP contribution in [0.3, 0.4) is 0 Å². The predicted octanol–water partition coefficient (Wildman–Crippen LogP) is 2.22. The summed E-state index contributed by atoms with van der Waals surface area (Å²) in [6.45, 7) is 1.81. The molecule has 19 heavy (non-hydrogen) atoms. The number of anilines is 1. The molecule has 0 aliphatic heterocycles. The molecule has 0 bridgehead atoms. The van der Waals surface area contributed by atoms with E-state index in [4.69, 9.17) is 0 Å². The summed E-state index contributed by atoms with van der Waals surface area (Å²) in [6.07, 6.45) is 4.98. The van der Waals surface area contributed by atoms with Crippen molar-refractivity contribution >= 4 is 23.4 Å². The van der Waals surface area contributed by atoms with Crippen molar-refractivity contribution in [1.29, 1.82) is 0 Å². The number of likely N-dealkylation sites (N-methyl/N-ethyl adjacent to an activating group) is 1. The molecule has 100 valence electrons. The van der Waals surface area contributed by atoms with Crippen LogP contribution in [0.1, 0.15) is 13.0 Å². The minimum Gasteiger partial charge on any atom is -0.313 e. The molecular formula is C13H16N4OS. The Bertz CT molecular complexity index is 556.